The van der Waals surface area contributed by atoms with Crippen molar-refractivity contribution in [1.82, 2.24) is 10.3 Å². The topological polar surface area (TPSA) is 28.2 Å². The molecule has 0 amide bonds. The maximum absolute atomic E-state index is 4.21. The van der Waals surface area contributed by atoms with Crippen molar-refractivity contribution in [2.24, 2.45) is 0 Å². The van der Waals surface area contributed by atoms with Crippen LogP contribution in [0.4, 0.5) is 11.4 Å². The molecule has 2 rings (SSSR count). The minimum absolute atomic E-state index is 0.818. The molecule has 0 fully saturated rings. The Morgan fingerprint density at radius 1 is 1.16 bits per heavy atom. The van der Waals surface area contributed by atoms with Gasteiger partial charge >= 0.3 is 0 Å². The van der Waals surface area contributed by atoms with E-state index in [1.54, 1.807) is 0 Å². The van der Waals surface area contributed by atoms with Crippen LogP contribution < -0.4 is 10.2 Å². The Morgan fingerprint density at radius 3 is 2.63 bits per heavy atom. The first-order valence-corrected chi connectivity index (χ1v) is 6.52. The molecule has 0 saturated heterocycles. The summed E-state index contributed by atoms with van der Waals surface area (Å²) in [5, 5.41) is 3.19. The van der Waals surface area contributed by atoms with Gasteiger partial charge in [0, 0.05) is 42.9 Å². The molecular formula is C16H21N3. The highest BCUT2D eigenvalue weighted by molar-refractivity contribution is 5.68. The van der Waals surface area contributed by atoms with Crippen LogP contribution >= 0.6 is 0 Å². The van der Waals surface area contributed by atoms with Gasteiger partial charge < -0.3 is 10.2 Å². The Balaban J connectivity index is 2.41. The van der Waals surface area contributed by atoms with Crippen molar-refractivity contribution >= 4 is 11.4 Å². The molecule has 2 aromatic rings. The average Bonchev–Trinajstić information content (AvgIpc) is 2.39. The van der Waals surface area contributed by atoms with E-state index in [0.717, 1.165) is 6.54 Å². The Morgan fingerprint density at radius 2 is 1.95 bits per heavy atom. The van der Waals surface area contributed by atoms with E-state index in [-0.39, 0.29) is 0 Å². The summed E-state index contributed by atoms with van der Waals surface area (Å²) in [5.74, 6) is 0. The lowest BCUT2D eigenvalue weighted by Gasteiger charge is -2.24. The Kier molecular flexibility index (Phi) is 4.17. The van der Waals surface area contributed by atoms with Gasteiger partial charge in [0.1, 0.15) is 0 Å². The number of benzene rings is 1. The van der Waals surface area contributed by atoms with Crippen molar-refractivity contribution in [2.75, 3.05) is 19.0 Å². The zero-order valence-electron chi connectivity index (χ0n) is 12.1. The molecule has 1 aromatic heterocycles. The van der Waals surface area contributed by atoms with Crippen molar-refractivity contribution in [2.45, 2.75) is 20.4 Å². The highest BCUT2D eigenvalue weighted by Gasteiger charge is 2.10. The van der Waals surface area contributed by atoms with Gasteiger partial charge in [-0.3, -0.25) is 4.98 Å². The summed E-state index contributed by atoms with van der Waals surface area (Å²) in [5.41, 5.74) is 6.20. The van der Waals surface area contributed by atoms with Gasteiger partial charge in [-0.25, -0.2) is 0 Å². The molecule has 0 bridgehead atoms. The molecule has 0 unspecified atom stereocenters. The number of aryl methyl sites for hydroxylation is 2. The summed E-state index contributed by atoms with van der Waals surface area (Å²) in [7, 11) is 4.06. The molecular weight excluding hydrogens is 234 g/mol. The molecule has 1 N–H and O–H groups in total. The average molecular weight is 255 g/mol. The first-order chi connectivity index (χ1) is 9.13. The van der Waals surface area contributed by atoms with Crippen LogP contribution in [0.1, 0.15) is 16.7 Å². The maximum atomic E-state index is 4.21. The van der Waals surface area contributed by atoms with Crippen LogP contribution in [0.2, 0.25) is 0 Å². The molecule has 1 aromatic carbocycles. The van der Waals surface area contributed by atoms with E-state index >= 15 is 0 Å². The van der Waals surface area contributed by atoms with E-state index in [1.165, 1.54) is 28.1 Å². The zero-order valence-corrected chi connectivity index (χ0v) is 12.1. The van der Waals surface area contributed by atoms with Gasteiger partial charge in [0.25, 0.3) is 0 Å². The van der Waals surface area contributed by atoms with Gasteiger partial charge in [-0.1, -0.05) is 17.7 Å². The number of hydrogen-bond donors (Lipinski definition) is 1. The Labute approximate surface area is 115 Å². The van der Waals surface area contributed by atoms with Crippen molar-refractivity contribution in [3.8, 4) is 0 Å². The van der Waals surface area contributed by atoms with Crippen molar-refractivity contribution < 1.29 is 0 Å². The highest BCUT2D eigenvalue weighted by Crippen LogP contribution is 2.29. The van der Waals surface area contributed by atoms with Crippen molar-refractivity contribution in [1.29, 1.82) is 0 Å². The van der Waals surface area contributed by atoms with Crippen LogP contribution in [0.5, 0.6) is 0 Å². The summed E-state index contributed by atoms with van der Waals surface area (Å²) < 4.78 is 0. The monoisotopic (exact) mass is 255 g/mol. The molecule has 3 heteroatoms. The quantitative estimate of drug-likeness (QED) is 0.909. The van der Waals surface area contributed by atoms with E-state index in [0.29, 0.717) is 0 Å². The van der Waals surface area contributed by atoms with Crippen LogP contribution in [0.25, 0.3) is 0 Å². The van der Waals surface area contributed by atoms with Gasteiger partial charge in [-0.15, -0.1) is 0 Å². The van der Waals surface area contributed by atoms with Gasteiger partial charge in [0.15, 0.2) is 0 Å². The number of aromatic nitrogens is 1. The maximum Gasteiger partial charge on any atom is 0.0484 e. The Hall–Kier alpha value is -1.87. The molecule has 0 aliphatic rings. The second kappa shape index (κ2) is 5.85. The van der Waals surface area contributed by atoms with Crippen molar-refractivity contribution in [3.05, 3.63) is 53.3 Å². The Bertz CT molecular complexity index is 564. The second-order valence-electron chi connectivity index (χ2n) is 4.88. The minimum Gasteiger partial charge on any atom is -0.344 e. The highest BCUT2D eigenvalue weighted by atomic mass is 15.1. The molecule has 0 saturated carbocycles. The van der Waals surface area contributed by atoms with Gasteiger partial charge in [-0.2, -0.15) is 0 Å². The summed E-state index contributed by atoms with van der Waals surface area (Å²) in [4.78, 5) is 6.44. The van der Waals surface area contributed by atoms with Gasteiger partial charge in [-0.05, 0) is 38.6 Å². The lowest BCUT2D eigenvalue weighted by atomic mass is 10.1. The van der Waals surface area contributed by atoms with Crippen LogP contribution in [0, 0.1) is 13.8 Å². The molecule has 100 valence electrons. The lowest BCUT2D eigenvalue weighted by molar-refractivity contribution is 0.811. The minimum atomic E-state index is 0.818. The third-order valence-corrected chi connectivity index (χ3v) is 3.32. The summed E-state index contributed by atoms with van der Waals surface area (Å²) >= 11 is 0. The van der Waals surface area contributed by atoms with Gasteiger partial charge in [0.05, 0.1) is 0 Å². The van der Waals surface area contributed by atoms with E-state index in [1.807, 2.05) is 19.4 Å². The predicted octanol–water partition coefficient (Wildman–Crippen LogP) is 3.19. The van der Waals surface area contributed by atoms with E-state index < -0.39 is 0 Å². The van der Waals surface area contributed by atoms with E-state index in [4.69, 9.17) is 0 Å². The van der Waals surface area contributed by atoms with E-state index in [2.05, 4.69) is 60.4 Å². The first kappa shape index (κ1) is 13.6. The summed E-state index contributed by atoms with van der Waals surface area (Å²) in [6, 6.07) is 8.60. The molecule has 0 aliphatic carbocycles. The van der Waals surface area contributed by atoms with Crippen LogP contribution in [0.3, 0.4) is 0 Å². The molecule has 3 nitrogen and oxygen atoms in total. The third-order valence-electron chi connectivity index (χ3n) is 3.32. The SMILES string of the molecule is CNCc1cnccc1N(C)c1ccc(C)cc1C. The fourth-order valence-corrected chi connectivity index (χ4v) is 2.39. The number of anilines is 2. The third kappa shape index (κ3) is 2.93. The standard InChI is InChI=1S/C16H21N3/c1-12-5-6-15(13(2)9-12)19(4)16-7-8-18-11-14(16)10-17-3/h5-9,11,17H,10H2,1-4H3. The van der Waals surface area contributed by atoms with Crippen LogP contribution in [-0.4, -0.2) is 19.1 Å². The molecule has 0 atom stereocenters. The lowest BCUT2D eigenvalue weighted by Crippen LogP contribution is -2.16. The van der Waals surface area contributed by atoms with Crippen LogP contribution in [-0.2, 0) is 6.54 Å². The second-order valence-corrected chi connectivity index (χ2v) is 4.88. The number of pyridine rings is 1. The van der Waals surface area contributed by atoms with Crippen LogP contribution in [0.15, 0.2) is 36.7 Å². The number of nitrogens with zero attached hydrogens (tertiary/aromatic N) is 2. The summed E-state index contributed by atoms with van der Waals surface area (Å²) in [6.45, 7) is 5.09. The normalized spacial score (nSPS) is 10.5. The molecule has 0 spiro atoms. The van der Waals surface area contributed by atoms with E-state index in [9.17, 15) is 0 Å². The molecule has 19 heavy (non-hydrogen) atoms. The van der Waals surface area contributed by atoms with Crippen molar-refractivity contribution in [3.63, 3.8) is 0 Å². The molecule has 0 aliphatic heterocycles. The predicted molar refractivity (Wildman–Crippen MR) is 81.0 cm³/mol. The fourth-order valence-electron chi connectivity index (χ4n) is 2.39. The number of rotatable bonds is 4. The van der Waals surface area contributed by atoms with Gasteiger partial charge in [0.2, 0.25) is 0 Å². The molecule has 0 radical (unpaired) electrons. The first-order valence-electron chi connectivity index (χ1n) is 6.52. The number of nitrogens with one attached hydrogen (secondary N) is 1. The smallest absolute Gasteiger partial charge is 0.0484 e. The zero-order chi connectivity index (χ0) is 13.8. The summed E-state index contributed by atoms with van der Waals surface area (Å²) in [6.07, 6.45) is 3.76. The fraction of sp³-hybridized carbons (Fsp3) is 0.312. The largest absolute Gasteiger partial charge is 0.344 e. The molecule has 1 heterocycles. The number of hydrogen-bond acceptors (Lipinski definition) is 3.